The predicted octanol–water partition coefficient (Wildman–Crippen LogP) is 1.77. The van der Waals surface area contributed by atoms with E-state index in [2.05, 4.69) is 10.1 Å². The number of hydrogen-bond acceptors (Lipinski definition) is 5. The van der Waals surface area contributed by atoms with E-state index < -0.39 is 5.60 Å². The third-order valence-corrected chi connectivity index (χ3v) is 3.66. The molecule has 2 rings (SSSR count). The summed E-state index contributed by atoms with van der Waals surface area (Å²) in [6.45, 7) is 2.79. The van der Waals surface area contributed by atoms with Crippen LogP contribution in [-0.2, 0) is 11.3 Å². The Bertz CT molecular complexity index is 446. The molecule has 0 aliphatic heterocycles. The second-order valence-corrected chi connectivity index (χ2v) is 5.21. The minimum absolute atomic E-state index is 0.387. The van der Waals surface area contributed by atoms with Crippen LogP contribution in [0, 0.1) is 6.92 Å². The van der Waals surface area contributed by atoms with Crippen LogP contribution in [0.2, 0.25) is 0 Å². The summed E-state index contributed by atoms with van der Waals surface area (Å²) in [5.74, 6) is 0.852. The molecule has 0 atom stereocenters. The Morgan fingerprint density at radius 1 is 1.53 bits per heavy atom. The van der Waals surface area contributed by atoms with Crippen LogP contribution < -0.4 is 5.32 Å². The zero-order valence-corrected chi connectivity index (χ0v) is 11.5. The molecule has 2 N–H and O–H groups in total. The quantitative estimate of drug-likeness (QED) is 0.795. The number of furan rings is 1. The number of aliphatic hydroxyl groups is 1. The Hall–Kier alpha value is -1.33. The van der Waals surface area contributed by atoms with Gasteiger partial charge in [0.2, 0.25) is 0 Å². The molecule has 0 aromatic carbocycles. The van der Waals surface area contributed by atoms with Gasteiger partial charge < -0.3 is 19.6 Å². The monoisotopic (exact) mass is 267 g/mol. The van der Waals surface area contributed by atoms with Gasteiger partial charge in [-0.25, -0.2) is 4.79 Å². The van der Waals surface area contributed by atoms with Crippen LogP contribution in [0.3, 0.4) is 0 Å². The van der Waals surface area contributed by atoms with Gasteiger partial charge in [-0.1, -0.05) is 12.8 Å². The van der Waals surface area contributed by atoms with Crippen molar-refractivity contribution in [3.8, 4) is 0 Å². The van der Waals surface area contributed by atoms with E-state index in [-0.39, 0.29) is 5.97 Å². The summed E-state index contributed by atoms with van der Waals surface area (Å²) in [5, 5.41) is 13.4. The van der Waals surface area contributed by atoms with Crippen molar-refractivity contribution in [1.82, 2.24) is 5.32 Å². The minimum Gasteiger partial charge on any atom is -0.465 e. The van der Waals surface area contributed by atoms with Crippen molar-refractivity contribution < 1.29 is 19.1 Å². The minimum atomic E-state index is -0.577. The first-order chi connectivity index (χ1) is 9.04. The number of aryl methyl sites for hydroxylation is 1. The maximum absolute atomic E-state index is 11.4. The molecule has 106 valence electrons. The van der Waals surface area contributed by atoms with Crippen LogP contribution in [-0.4, -0.2) is 30.3 Å². The van der Waals surface area contributed by atoms with Crippen LogP contribution in [0.5, 0.6) is 0 Å². The summed E-state index contributed by atoms with van der Waals surface area (Å²) in [7, 11) is 1.35. The molecule has 0 radical (unpaired) electrons. The van der Waals surface area contributed by atoms with E-state index in [9.17, 15) is 9.90 Å². The number of nitrogens with one attached hydrogen (secondary N) is 1. The standard InChI is InChI=1S/C14H21NO4/c1-10-12(13(16)18-2)7-11(19-10)8-15-9-14(17)5-3-4-6-14/h7,15,17H,3-6,8-9H2,1-2H3. The summed E-state index contributed by atoms with van der Waals surface area (Å²) >= 11 is 0. The van der Waals surface area contributed by atoms with E-state index >= 15 is 0 Å². The highest BCUT2D eigenvalue weighted by Crippen LogP contribution is 2.28. The van der Waals surface area contributed by atoms with Crippen molar-refractivity contribution in [2.45, 2.75) is 44.8 Å². The van der Waals surface area contributed by atoms with E-state index in [1.807, 2.05) is 0 Å². The van der Waals surface area contributed by atoms with Gasteiger partial charge in [0.1, 0.15) is 17.1 Å². The molecule has 1 aromatic heterocycles. The smallest absolute Gasteiger partial charge is 0.341 e. The van der Waals surface area contributed by atoms with Crippen LogP contribution >= 0.6 is 0 Å². The summed E-state index contributed by atoms with van der Waals surface area (Å²) in [5.41, 5.74) is -0.119. The molecule has 0 unspecified atom stereocenters. The zero-order chi connectivity index (χ0) is 13.9. The SMILES string of the molecule is COC(=O)c1cc(CNCC2(O)CCCC2)oc1C. The van der Waals surface area contributed by atoms with Crippen molar-refractivity contribution in [2.24, 2.45) is 0 Å². The number of ether oxygens (including phenoxy) is 1. The van der Waals surface area contributed by atoms with Gasteiger partial charge in [0.15, 0.2) is 0 Å². The topological polar surface area (TPSA) is 71.7 Å². The Morgan fingerprint density at radius 2 is 2.21 bits per heavy atom. The first kappa shape index (κ1) is 14.1. The van der Waals surface area contributed by atoms with Crippen molar-refractivity contribution >= 4 is 5.97 Å². The third-order valence-electron chi connectivity index (χ3n) is 3.66. The fourth-order valence-corrected chi connectivity index (χ4v) is 2.57. The third kappa shape index (κ3) is 3.36. The molecule has 1 aromatic rings. The molecule has 19 heavy (non-hydrogen) atoms. The number of rotatable bonds is 5. The molecule has 1 heterocycles. The highest BCUT2D eigenvalue weighted by molar-refractivity contribution is 5.90. The van der Waals surface area contributed by atoms with Gasteiger partial charge in [-0.15, -0.1) is 0 Å². The Labute approximate surface area is 112 Å². The second kappa shape index (κ2) is 5.75. The molecule has 1 saturated carbocycles. The first-order valence-electron chi connectivity index (χ1n) is 6.65. The van der Waals surface area contributed by atoms with Gasteiger partial charge in [0.05, 0.1) is 19.3 Å². The lowest BCUT2D eigenvalue weighted by molar-refractivity contribution is 0.0470. The van der Waals surface area contributed by atoms with Gasteiger partial charge in [-0.2, -0.15) is 0 Å². The number of hydrogen-bond donors (Lipinski definition) is 2. The lowest BCUT2D eigenvalue weighted by Gasteiger charge is -2.22. The van der Waals surface area contributed by atoms with E-state index in [1.165, 1.54) is 7.11 Å². The molecule has 1 aliphatic rings. The maximum atomic E-state index is 11.4. The fraction of sp³-hybridized carbons (Fsp3) is 0.643. The molecular formula is C14H21NO4. The molecule has 1 fully saturated rings. The highest BCUT2D eigenvalue weighted by atomic mass is 16.5. The molecule has 0 saturated heterocycles. The van der Waals surface area contributed by atoms with Gasteiger partial charge in [-0.3, -0.25) is 0 Å². The number of carbonyl (C=O) groups is 1. The van der Waals surface area contributed by atoms with Crippen molar-refractivity contribution in [1.29, 1.82) is 0 Å². The average molecular weight is 267 g/mol. The van der Waals surface area contributed by atoms with E-state index in [0.717, 1.165) is 25.7 Å². The maximum Gasteiger partial charge on any atom is 0.341 e. The van der Waals surface area contributed by atoms with Gasteiger partial charge in [0.25, 0.3) is 0 Å². The molecule has 5 nitrogen and oxygen atoms in total. The summed E-state index contributed by atoms with van der Waals surface area (Å²) in [6.07, 6.45) is 3.88. The molecule has 1 aliphatic carbocycles. The predicted molar refractivity (Wildman–Crippen MR) is 69.9 cm³/mol. The summed E-state index contributed by atoms with van der Waals surface area (Å²) < 4.78 is 10.2. The lowest BCUT2D eigenvalue weighted by Crippen LogP contribution is -2.37. The molecule has 0 amide bonds. The van der Waals surface area contributed by atoms with E-state index in [4.69, 9.17) is 4.42 Å². The van der Waals surface area contributed by atoms with Gasteiger partial charge in [0, 0.05) is 6.54 Å². The Kier molecular flexibility index (Phi) is 4.27. The van der Waals surface area contributed by atoms with E-state index in [0.29, 0.717) is 30.2 Å². The fourth-order valence-electron chi connectivity index (χ4n) is 2.57. The Morgan fingerprint density at radius 3 is 2.84 bits per heavy atom. The normalized spacial score (nSPS) is 17.6. The van der Waals surface area contributed by atoms with Crippen molar-refractivity contribution in [3.63, 3.8) is 0 Å². The summed E-state index contributed by atoms with van der Waals surface area (Å²) in [6, 6.07) is 1.69. The molecule has 5 heteroatoms. The number of carbonyl (C=O) groups excluding carboxylic acids is 1. The van der Waals surface area contributed by atoms with Gasteiger partial charge >= 0.3 is 5.97 Å². The van der Waals surface area contributed by atoms with Gasteiger partial charge in [-0.05, 0) is 25.8 Å². The van der Waals surface area contributed by atoms with E-state index in [1.54, 1.807) is 13.0 Å². The van der Waals surface area contributed by atoms with Crippen LogP contribution in [0.4, 0.5) is 0 Å². The van der Waals surface area contributed by atoms with Crippen molar-refractivity contribution in [3.05, 3.63) is 23.2 Å². The van der Waals surface area contributed by atoms with Crippen LogP contribution in [0.1, 0.15) is 47.6 Å². The second-order valence-electron chi connectivity index (χ2n) is 5.21. The van der Waals surface area contributed by atoms with Crippen molar-refractivity contribution in [2.75, 3.05) is 13.7 Å². The largest absolute Gasteiger partial charge is 0.465 e. The average Bonchev–Trinajstić information content (AvgIpc) is 2.96. The highest BCUT2D eigenvalue weighted by Gasteiger charge is 2.30. The zero-order valence-electron chi connectivity index (χ0n) is 11.5. The Balaban J connectivity index is 1.88. The number of methoxy groups -OCH3 is 1. The molecule has 0 bridgehead atoms. The van der Waals surface area contributed by atoms with Crippen LogP contribution in [0.15, 0.2) is 10.5 Å². The summed E-state index contributed by atoms with van der Waals surface area (Å²) in [4.78, 5) is 11.4. The molecule has 0 spiro atoms. The van der Waals surface area contributed by atoms with Crippen LogP contribution in [0.25, 0.3) is 0 Å². The molecular weight excluding hydrogens is 246 g/mol. The first-order valence-corrected chi connectivity index (χ1v) is 6.65. The lowest BCUT2D eigenvalue weighted by atomic mass is 10.0. The number of esters is 1.